The van der Waals surface area contributed by atoms with Crippen LogP contribution in [-0.2, 0) is 4.74 Å². The highest BCUT2D eigenvalue weighted by Gasteiger charge is 2.17. The molecule has 0 unspecified atom stereocenters. The molecule has 0 spiro atoms. The minimum Gasteiger partial charge on any atom is -0.464 e. The topological polar surface area (TPSA) is 63.5 Å². The van der Waals surface area contributed by atoms with Crippen LogP contribution in [0.25, 0.3) is 0 Å². The van der Waals surface area contributed by atoms with Gasteiger partial charge in [0.05, 0.1) is 12.1 Å². The van der Waals surface area contributed by atoms with Crippen LogP contribution in [0.3, 0.4) is 0 Å². The van der Waals surface area contributed by atoms with Crippen LogP contribution in [0.15, 0.2) is 16.5 Å². The van der Waals surface area contributed by atoms with Gasteiger partial charge in [-0.2, -0.15) is 0 Å². The summed E-state index contributed by atoms with van der Waals surface area (Å²) < 4.78 is 10.9. The smallest absolute Gasteiger partial charge is 0.315 e. The molecule has 1 aliphatic rings. The molecule has 0 saturated carbocycles. The predicted molar refractivity (Wildman–Crippen MR) is 67.4 cm³/mol. The average Bonchev–Trinajstić information content (AvgIpc) is 2.97. The highest BCUT2D eigenvalue weighted by atomic mass is 16.5. The van der Waals surface area contributed by atoms with Gasteiger partial charge in [0.2, 0.25) is 0 Å². The third-order valence-corrected chi connectivity index (χ3v) is 3.05. The minimum atomic E-state index is -0.188. The van der Waals surface area contributed by atoms with E-state index in [1.807, 2.05) is 26.0 Å². The van der Waals surface area contributed by atoms with Crippen LogP contribution in [0.1, 0.15) is 37.3 Å². The highest BCUT2D eigenvalue weighted by molar-refractivity contribution is 5.74. The van der Waals surface area contributed by atoms with E-state index in [-0.39, 0.29) is 18.2 Å². The molecule has 1 aromatic rings. The molecule has 1 fully saturated rings. The standard InChI is InChI=1S/C13H20N2O3/c1-9-5-6-12(18-9)10(2)15-13(16)14-8-11-4-3-7-17-11/h5-6,10-11H,3-4,7-8H2,1-2H3,(H2,14,15,16)/t10-,11+/m0/s1. The quantitative estimate of drug-likeness (QED) is 0.862. The summed E-state index contributed by atoms with van der Waals surface area (Å²) in [6.45, 7) is 5.14. The third-order valence-electron chi connectivity index (χ3n) is 3.05. The van der Waals surface area contributed by atoms with Crippen LogP contribution in [-0.4, -0.2) is 25.3 Å². The van der Waals surface area contributed by atoms with Crippen LogP contribution in [0.4, 0.5) is 4.79 Å². The zero-order chi connectivity index (χ0) is 13.0. The van der Waals surface area contributed by atoms with Gasteiger partial charge < -0.3 is 19.8 Å². The van der Waals surface area contributed by atoms with Crippen molar-refractivity contribution in [2.24, 2.45) is 0 Å². The van der Waals surface area contributed by atoms with Crippen molar-refractivity contribution in [1.82, 2.24) is 10.6 Å². The van der Waals surface area contributed by atoms with E-state index in [9.17, 15) is 4.79 Å². The van der Waals surface area contributed by atoms with E-state index in [4.69, 9.17) is 9.15 Å². The van der Waals surface area contributed by atoms with Gasteiger partial charge in [0.1, 0.15) is 11.5 Å². The maximum atomic E-state index is 11.7. The molecule has 2 rings (SSSR count). The van der Waals surface area contributed by atoms with Gasteiger partial charge in [-0.25, -0.2) is 4.79 Å². The molecule has 1 saturated heterocycles. The number of amides is 2. The molecular weight excluding hydrogens is 232 g/mol. The molecule has 2 atom stereocenters. The van der Waals surface area contributed by atoms with Gasteiger partial charge in [0.15, 0.2) is 0 Å². The van der Waals surface area contributed by atoms with Gasteiger partial charge in [0, 0.05) is 13.2 Å². The van der Waals surface area contributed by atoms with Gasteiger partial charge >= 0.3 is 6.03 Å². The van der Waals surface area contributed by atoms with Gasteiger partial charge in [0.25, 0.3) is 0 Å². The van der Waals surface area contributed by atoms with Crippen molar-refractivity contribution in [2.45, 2.75) is 38.8 Å². The first-order chi connectivity index (χ1) is 8.65. The molecule has 100 valence electrons. The highest BCUT2D eigenvalue weighted by Crippen LogP contribution is 2.15. The lowest BCUT2D eigenvalue weighted by molar-refractivity contribution is 0.111. The molecule has 0 radical (unpaired) electrons. The van der Waals surface area contributed by atoms with Crippen molar-refractivity contribution in [3.63, 3.8) is 0 Å². The fraction of sp³-hybridized carbons (Fsp3) is 0.615. The van der Waals surface area contributed by atoms with Gasteiger partial charge in [-0.3, -0.25) is 0 Å². The van der Waals surface area contributed by atoms with E-state index >= 15 is 0 Å². The van der Waals surface area contributed by atoms with Crippen LogP contribution < -0.4 is 10.6 Å². The Morgan fingerprint density at radius 1 is 1.56 bits per heavy atom. The summed E-state index contributed by atoms with van der Waals surface area (Å²) in [6.07, 6.45) is 2.26. The van der Waals surface area contributed by atoms with E-state index in [0.717, 1.165) is 31.0 Å². The van der Waals surface area contributed by atoms with Crippen LogP contribution in [0, 0.1) is 6.92 Å². The van der Waals surface area contributed by atoms with E-state index in [0.29, 0.717) is 6.54 Å². The lowest BCUT2D eigenvalue weighted by atomic mass is 10.2. The Balaban J connectivity index is 1.73. The van der Waals surface area contributed by atoms with E-state index in [1.165, 1.54) is 0 Å². The summed E-state index contributed by atoms with van der Waals surface area (Å²) in [6, 6.07) is 3.44. The monoisotopic (exact) mass is 252 g/mol. The molecule has 0 bridgehead atoms. The number of urea groups is 1. The number of hydrogen-bond acceptors (Lipinski definition) is 3. The van der Waals surface area contributed by atoms with Crippen molar-refractivity contribution in [1.29, 1.82) is 0 Å². The molecule has 18 heavy (non-hydrogen) atoms. The first-order valence-corrected chi connectivity index (χ1v) is 6.37. The van der Waals surface area contributed by atoms with Crippen molar-refractivity contribution < 1.29 is 13.9 Å². The molecule has 1 aromatic heterocycles. The molecule has 0 aromatic carbocycles. The van der Waals surface area contributed by atoms with Gasteiger partial charge in [-0.05, 0) is 38.8 Å². The van der Waals surface area contributed by atoms with Crippen LogP contribution in [0.5, 0.6) is 0 Å². The predicted octanol–water partition coefficient (Wildman–Crippen LogP) is 2.13. The third kappa shape index (κ3) is 3.50. The summed E-state index contributed by atoms with van der Waals surface area (Å²) in [5.41, 5.74) is 0. The van der Waals surface area contributed by atoms with E-state index in [2.05, 4.69) is 10.6 Å². The second-order valence-corrected chi connectivity index (χ2v) is 4.66. The molecular formula is C13H20N2O3. The van der Waals surface area contributed by atoms with Gasteiger partial charge in [-0.15, -0.1) is 0 Å². The number of ether oxygens (including phenoxy) is 1. The lowest BCUT2D eigenvalue weighted by Crippen LogP contribution is -2.40. The largest absolute Gasteiger partial charge is 0.464 e. The van der Waals surface area contributed by atoms with Crippen molar-refractivity contribution >= 4 is 6.03 Å². The Morgan fingerprint density at radius 2 is 2.39 bits per heavy atom. The zero-order valence-electron chi connectivity index (χ0n) is 10.9. The molecule has 2 N–H and O–H groups in total. The lowest BCUT2D eigenvalue weighted by Gasteiger charge is -2.14. The van der Waals surface area contributed by atoms with Crippen molar-refractivity contribution in [2.75, 3.05) is 13.2 Å². The maximum Gasteiger partial charge on any atom is 0.315 e. The number of furan rings is 1. The number of carbonyl (C=O) groups is 1. The summed E-state index contributed by atoms with van der Waals surface area (Å²) in [5.74, 6) is 1.61. The Kier molecular flexibility index (Phi) is 4.25. The molecule has 5 nitrogen and oxygen atoms in total. The number of nitrogens with one attached hydrogen (secondary N) is 2. The number of carbonyl (C=O) groups excluding carboxylic acids is 1. The minimum absolute atomic E-state index is 0.136. The second kappa shape index (κ2) is 5.91. The van der Waals surface area contributed by atoms with Gasteiger partial charge in [-0.1, -0.05) is 0 Å². The molecule has 2 amide bonds. The number of hydrogen-bond donors (Lipinski definition) is 2. The normalized spacial score (nSPS) is 20.7. The Hall–Kier alpha value is -1.49. The summed E-state index contributed by atoms with van der Waals surface area (Å²) in [5, 5.41) is 5.65. The fourth-order valence-corrected chi connectivity index (χ4v) is 2.02. The Labute approximate surface area is 107 Å². The molecule has 5 heteroatoms. The fourth-order valence-electron chi connectivity index (χ4n) is 2.02. The summed E-state index contributed by atoms with van der Waals surface area (Å²) >= 11 is 0. The second-order valence-electron chi connectivity index (χ2n) is 4.66. The van der Waals surface area contributed by atoms with E-state index in [1.54, 1.807) is 0 Å². The first-order valence-electron chi connectivity index (χ1n) is 6.37. The Morgan fingerprint density at radius 3 is 3.00 bits per heavy atom. The number of rotatable bonds is 4. The summed E-state index contributed by atoms with van der Waals surface area (Å²) in [7, 11) is 0. The van der Waals surface area contributed by atoms with Crippen molar-refractivity contribution in [3.8, 4) is 0 Å². The molecule has 1 aliphatic heterocycles. The van der Waals surface area contributed by atoms with Crippen LogP contribution >= 0.6 is 0 Å². The molecule has 2 heterocycles. The molecule has 0 aliphatic carbocycles. The first kappa shape index (κ1) is 13.0. The van der Waals surface area contributed by atoms with Crippen LogP contribution in [0.2, 0.25) is 0 Å². The zero-order valence-corrected chi connectivity index (χ0v) is 10.9. The van der Waals surface area contributed by atoms with Crippen molar-refractivity contribution in [3.05, 3.63) is 23.7 Å². The Bertz CT molecular complexity index is 397. The SMILES string of the molecule is Cc1ccc([C@H](C)NC(=O)NC[C@H]2CCCO2)o1. The number of aryl methyl sites for hydroxylation is 1. The average molecular weight is 252 g/mol. The summed E-state index contributed by atoms with van der Waals surface area (Å²) in [4.78, 5) is 11.7. The van der Waals surface area contributed by atoms with E-state index < -0.39 is 0 Å². The maximum absolute atomic E-state index is 11.7.